The fourth-order valence-electron chi connectivity index (χ4n) is 2.52. The normalized spacial score (nSPS) is 11.0. The van der Waals surface area contributed by atoms with E-state index < -0.39 is 0 Å². The van der Waals surface area contributed by atoms with Crippen LogP contribution in [0.4, 0.5) is 0 Å². The third kappa shape index (κ3) is 4.94. The SMILES string of the molecule is COc1cc(OCCCCCCl)c2ccccc2c1OCC(C)C. The number of methoxy groups -OCH3 is 1. The van der Waals surface area contributed by atoms with Gasteiger partial charge >= 0.3 is 0 Å². The van der Waals surface area contributed by atoms with Gasteiger partial charge in [-0.3, -0.25) is 0 Å². The van der Waals surface area contributed by atoms with E-state index in [1.807, 2.05) is 24.3 Å². The van der Waals surface area contributed by atoms with Crippen molar-refractivity contribution in [2.24, 2.45) is 5.92 Å². The number of hydrogen-bond donors (Lipinski definition) is 0. The summed E-state index contributed by atoms with van der Waals surface area (Å²) in [6, 6.07) is 10.1. The first-order chi connectivity index (χ1) is 11.7. The van der Waals surface area contributed by atoms with Crippen LogP contribution in [0.1, 0.15) is 33.1 Å². The molecule has 0 saturated carbocycles. The molecular weight excluding hydrogens is 324 g/mol. The standard InChI is InChI=1S/C20H27ClO3/c1-15(2)14-24-20-17-10-6-5-9-16(17)18(13-19(20)22-3)23-12-8-4-7-11-21/h5-6,9-10,13,15H,4,7-8,11-12,14H2,1-3H3. The summed E-state index contributed by atoms with van der Waals surface area (Å²) >= 11 is 5.71. The second kappa shape index (κ2) is 9.63. The van der Waals surface area contributed by atoms with Crippen LogP contribution in [0.2, 0.25) is 0 Å². The lowest BCUT2D eigenvalue weighted by Gasteiger charge is -2.18. The van der Waals surface area contributed by atoms with E-state index in [9.17, 15) is 0 Å². The van der Waals surface area contributed by atoms with Gasteiger partial charge in [0.05, 0.1) is 20.3 Å². The quantitative estimate of drug-likeness (QED) is 0.408. The van der Waals surface area contributed by atoms with Crippen LogP contribution in [-0.4, -0.2) is 26.2 Å². The molecular formula is C20H27ClO3. The maximum atomic E-state index is 6.02. The topological polar surface area (TPSA) is 27.7 Å². The third-order valence-electron chi connectivity index (χ3n) is 3.74. The first-order valence-corrected chi connectivity index (χ1v) is 9.12. The summed E-state index contributed by atoms with van der Waals surface area (Å²) in [5.74, 6) is 3.50. The lowest BCUT2D eigenvalue weighted by atomic mass is 10.1. The van der Waals surface area contributed by atoms with Gasteiger partial charge in [0.15, 0.2) is 11.5 Å². The number of unbranched alkanes of at least 4 members (excludes halogenated alkanes) is 2. The zero-order chi connectivity index (χ0) is 17.4. The molecule has 3 nitrogen and oxygen atoms in total. The van der Waals surface area contributed by atoms with Gasteiger partial charge in [-0.15, -0.1) is 11.6 Å². The number of benzene rings is 2. The van der Waals surface area contributed by atoms with Crippen molar-refractivity contribution < 1.29 is 14.2 Å². The zero-order valence-electron chi connectivity index (χ0n) is 14.8. The Bertz CT molecular complexity index is 640. The summed E-state index contributed by atoms with van der Waals surface area (Å²) in [6.45, 7) is 5.59. The molecule has 0 aliphatic carbocycles. The Morgan fingerprint density at radius 1 is 0.958 bits per heavy atom. The molecule has 2 rings (SSSR count). The van der Waals surface area contributed by atoms with Gasteiger partial charge < -0.3 is 14.2 Å². The molecule has 2 aromatic carbocycles. The molecule has 4 heteroatoms. The molecule has 0 atom stereocenters. The van der Waals surface area contributed by atoms with E-state index in [0.29, 0.717) is 30.8 Å². The van der Waals surface area contributed by atoms with Gasteiger partial charge in [0.2, 0.25) is 0 Å². The summed E-state index contributed by atoms with van der Waals surface area (Å²) in [5, 5.41) is 2.07. The van der Waals surface area contributed by atoms with Crippen molar-refractivity contribution in [2.75, 3.05) is 26.2 Å². The highest BCUT2D eigenvalue weighted by atomic mass is 35.5. The van der Waals surface area contributed by atoms with E-state index in [1.54, 1.807) is 7.11 Å². The van der Waals surface area contributed by atoms with Gasteiger partial charge in [0.1, 0.15) is 5.75 Å². The first-order valence-electron chi connectivity index (χ1n) is 8.58. The molecule has 2 aromatic rings. The number of halogens is 1. The molecule has 0 fully saturated rings. The van der Waals surface area contributed by atoms with Gasteiger partial charge in [-0.1, -0.05) is 38.1 Å². The van der Waals surface area contributed by atoms with Crippen molar-refractivity contribution in [3.8, 4) is 17.2 Å². The number of hydrogen-bond acceptors (Lipinski definition) is 3. The fraction of sp³-hybridized carbons (Fsp3) is 0.500. The van der Waals surface area contributed by atoms with Gasteiger partial charge in [0, 0.05) is 22.7 Å². The Kier molecular flexibility index (Phi) is 7.51. The Balaban J connectivity index is 2.27. The molecule has 0 spiro atoms. The minimum Gasteiger partial charge on any atom is -0.493 e. The van der Waals surface area contributed by atoms with Crippen LogP contribution >= 0.6 is 11.6 Å². The zero-order valence-corrected chi connectivity index (χ0v) is 15.6. The van der Waals surface area contributed by atoms with Crippen molar-refractivity contribution in [1.82, 2.24) is 0 Å². The predicted octanol–water partition coefficient (Wildman–Crippen LogP) is 5.67. The average molecular weight is 351 g/mol. The van der Waals surface area contributed by atoms with Crippen molar-refractivity contribution >= 4 is 22.4 Å². The maximum Gasteiger partial charge on any atom is 0.169 e. The van der Waals surface area contributed by atoms with Crippen LogP contribution in [0, 0.1) is 5.92 Å². The van der Waals surface area contributed by atoms with Crippen LogP contribution in [-0.2, 0) is 0 Å². The van der Waals surface area contributed by atoms with Crippen molar-refractivity contribution in [3.05, 3.63) is 30.3 Å². The molecule has 0 N–H and O–H groups in total. The molecule has 0 radical (unpaired) electrons. The van der Waals surface area contributed by atoms with Crippen molar-refractivity contribution in [1.29, 1.82) is 0 Å². The van der Waals surface area contributed by atoms with Crippen molar-refractivity contribution in [2.45, 2.75) is 33.1 Å². The summed E-state index contributed by atoms with van der Waals surface area (Å²) in [4.78, 5) is 0. The van der Waals surface area contributed by atoms with E-state index in [1.165, 1.54) is 0 Å². The molecule has 0 aliphatic rings. The summed E-state index contributed by atoms with van der Waals surface area (Å²) in [6.07, 6.45) is 3.10. The molecule has 0 unspecified atom stereocenters. The summed E-state index contributed by atoms with van der Waals surface area (Å²) in [7, 11) is 1.66. The second-order valence-corrected chi connectivity index (χ2v) is 6.63. The minimum atomic E-state index is 0.450. The van der Waals surface area contributed by atoms with E-state index in [-0.39, 0.29) is 0 Å². The molecule has 132 valence electrons. The smallest absolute Gasteiger partial charge is 0.169 e. The van der Waals surface area contributed by atoms with Crippen LogP contribution in [0.3, 0.4) is 0 Å². The van der Waals surface area contributed by atoms with Gasteiger partial charge in [-0.25, -0.2) is 0 Å². The maximum absolute atomic E-state index is 6.02. The monoisotopic (exact) mass is 350 g/mol. The van der Waals surface area contributed by atoms with Crippen LogP contribution in [0.15, 0.2) is 30.3 Å². The summed E-state index contributed by atoms with van der Waals surface area (Å²) < 4.78 is 17.6. The van der Waals surface area contributed by atoms with Gasteiger partial charge in [-0.2, -0.15) is 0 Å². The minimum absolute atomic E-state index is 0.450. The Hall–Kier alpha value is -1.61. The summed E-state index contributed by atoms with van der Waals surface area (Å²) in [5.41, 5.74) is 0. The van der Waals surface area contributed by atoms with E-state index in [4.69, 9.17) is 25.8 Å². The van der Waals surface area contributed by atoms with Crippen molar-refractivity contribution in [3.63, 3.8) is 0 Å². The molecule has 0 bridgehead atoms. The average Bonchev–Trinajstić information content (AvgIpc) is 2.59. The Morgan fingerprint density at radius 3 is 2.38 bits per heavy atom. The largest absolute Gasteiger partial charge is 0.493 e. The predicted molar refractivity (Wildman–Crippen MR) is 101 cm³/mol. The molecule has 0 heterocycles. The molecule has 0 saturated heterocycles. The van der Waals surface area contributed by atoms with Crippen LogP contribution in [0.5, 0.6) is 17.2 Å². The highest BCUT2D eigenvalue weighted by molar-refractivity contribution is 6.17. The number of ether oxygens (including phenoxy) is 3. The van der Waals surface area contributed by atoms with Gasteiger partial charge in [0.25, 0.3) is 0 Å². The molecule has 0 amide bonds. The Morgan fingerprint density at radius 2 is 1.71 bits per heavy atom. The lowest BCUT2D eigenvalue weighted by Crippen LogP contribution is -2.06. The van der Waals surface area contributed by atoms with E-state index >= 15 is 0 Å². The first kappa shape index (κ1) is 18.7. The van der Waals surface area contributed by atoms with E-state index in [0.717, 1.165) is 41.5 Å². The van der Waals surface area contributed by atoms with E-state index in [2.05, 4.69) is 19.9 Å². The number of fused-ring (bicyclic) bond motifs is 1. The third-order valence-corrected chi connectivity index (χ3v) is 4.01. The molecule has 0 aromatic heterocycles. The second-order valence-electron chi connectivity index (χ2n) is 6.25. The van der Waals surface area contributed by atoms with Crippen LogP contribution in [0.25, 0.3) is 10.8 Å². The Labute approximate surface area is 149 Å². The highest BCUT2D eigenvalue weighted by Gasteiger charge is 2.15. The van der Waals surface area contributed by atoms with Gasteiger partial charge in [-0.05, 0) is 25.2 Å². The number of rotatable bonds is 10. The van der Waals surface area contributed by atoms with Crippen LogP contribution < -0.4 is 14.2 Å². The molecule has 0 aliphatic heterocycles. The fourth-order valence-corrected chi connectivity index (χ4v) is 2.71. The number of alkyl halides is 1. The molecule has 24 heavy (non-hydrogen) atoms. The lowest BCUT2D eigenvalue weighted by molar-refractivity contribution is 0.258. The highest BCUT2D eigenvalue weighted by Crippen LogP contribution is 2.41.